The zero-order chi connectivity index (χ0) is 10.7. The number of halogens is 1. The van der Waals surface area contributed by atoms with Gasteiger partial charge in [-0.05, 0) is 22.6 Å². The van der Waals surface area contributed by atoms with Gasteiger partial charge in [-0.2, -0.15) is 0 Å². The van der Waals surface area contributed by atoms with Crippen molar-refractivity contribution in [2.75, 3.05) is 7.11 Å². The SMILES string of the molecule is COc1cc(O)cc(OC(C)=O)c1I. The molecule has 1 rings (SSSR count). The van der Waals surface area contributed by atoms with Crippen molar-refractivity contribution in [3.63, 3.8) is 0 Å². The van der Waals surface area contributed by atoms with E-state index < -0.39 is 5.97 Å². The van der Waals surface area contributed by atoms with E-state index in [-0.39, 0.29) is 5.75 Å². The predicted octanol–water partition coefficient (Wildman–Crippen LogP) is 1.93. The maximum Gasteiger partial charge on any atom is 0.308 e. The quantitative estimate of drug-likeness (QED) is 0.515. The summed E-state index contributed by atoms with van der Waals surface area (Å²) in [6.07, 6.45) is 0. The van der Waals surface area contributed by atoms with Gasteiger partial charge in [0.1, 0.15) is 11.5 Å². The molecule has 0 spiro atoms. The lowest BCUT2D eigenvalue weighted by Gasteiger charge is -2.08. The Morgan fingerprint density at radius 3 is 2.50 bits per heavy atom. The average molecular weight is 308 g/mol. The minimum atomic E-state index is -0.435. The molecule has 0 aromatic heterocycles. The van der Waals surface area contributed by atoms with E-state index in [2.05, 4.69) is 0 Å². The number of methoxy groups -OCH3 is 1. The van der Waals surface area contributed by atoms with E-state index in [1.807, 2.05) is 22.6 Å². The molecule has 76 valence electrons. The number of esters is 1. The van der Waals surface area contributed by atoms with Crippen LogP contribution in [-0.4, -0.2) is 18.2 Å². The van der Waals surface area contributed by atoms with Crippen LogP contribution in [0.1, 0.15) is 6.92 Å². The summed E-state index contributed by atoms with van der Waals surface area (Å²) in [6, 6.07) is 2.82. The van der Waals surface area contributed by atoms with Crippen LogP contribution in [-0.2, 0) is 4.79 Å². The van der Waals surface area contributed by atoms with Crippen LogP contribution in [0.15, 0.2) is 12.1 Å². The van der Waals surface area contributed by atoms with Crippen molar-refractivity contribution in [3.8, 4) is 17.2 Å². The lowest BCUT2D eigenvalue weighted by Crippen LogP contribution is -2.03. The molecule has 1 aromatic rings. The molecule has 0 amide bonds. The van der Waals surface area contributed by atoms with Crippen LogP contribution in [0.5, 0.6) is 17.2 Å². The maximum absolute atomic E-state index is 10.7. The summed E-state index contributed by atoms with van der Waals surface area (Å²) in [5.74, 6) is 0.339. The first-order valence-electron chi connectivity index (χ1n) is 3.79. The molecule has 0 aliphatic rings. The minimum Gasteiger partial charge on any atom is -0.508 e. The summed E-state index contributed by atoms with van der Waals surface area (Å²) in [4.78, 5) is 10.7. The zero-order valence-electron chi connectivity index (χ0n) is 7.70. The third kappa shape index (κ3) is 2.50. The van der Waals surface area contributed by atoms with Gasteiger partial charge in [-0.15, -0.1) is 0 Å². The molecule has 0 saturated carbocycles. The van der Waals surface area contributed by atoms with Crippen LogP contribution >= 0.6 is 22.6 Å². The highest BCUT2D eigenvalue weighted by Crippen LogP contribution is 2.34. The van der Waals surface area contributed by atoms with Crippen LogP contribution in [0.4, 0.5) is 0 Å². The lowest BCUT2D eigenvalue weighted by atomic mass is 10.3. The third-order valence-electron chi connectivity index (χ3n) is 1.46. The highest BCUT2D eigenvalue weighted by atomic mass is 127. The van der Waals surface area contributed by atoms with E-state index in [0.29, 0.717) is 15.1 Å². The summed E-state index contributed by atoms with van der Waals surface area (Å²) < 4.78 is 10.5. The van der Waals surface area contributed by atoms with Gasteiger partial charge in [0.2, 0.25) is 0 Å². The summed E-state index contributed by atoms with van der Waals surface area (Å²) in [5.41, 5.74) is 0. The Hall–Kier alpha value is -0.980. The highest BCUT2D eigenvalue weighted by Gasteiger charge is 2.11. The molecule has 0 unspecified atom stereocenters. The second-order valence-corrected chi connectivity index (χ2v) is 3.63. The predicted molar refractivity (Wildman–Crippen MR) is 58.7 cm³/mol. The van der Waals surface area contributed by atoms with E-state index in [1.165, 1.54) is 26.2 Å². The zero-order valence-corrected chi connectivity index (χ0v) is 9.86. The Morgan fingerprint density at radius 2 is 2.00 bits per heavy atom. The summed E-state index contributed by atoms with van der Waals surface area (Å²) in [5, 5.41) is 9.29. The molecule has 1 aromatic carbocycles. The van der Waals surface area contributed by atoms with Gasteiger partial charge in [-0.3, -0.25) is 4.79 Å². The van der Waals surface area contributed by atoms with Gasteiger partial charge in [0.05, 0.1) is 10.7 Å². The Labute approximate surface area is 95.0 Å². The molecule has 0 saturated heterocycles. The van der Waals surface area contributed by atoms with Crippen molar-refractivity contribution in [1.82, 2.24) is 0 Å². The molecule has 0 radical (unpaired) electrons. The Balaban J connectivity index is 3.15. The van der Waals surface area contributed by atoms with Crippen molar-refractivity contribution in [2.45, 2.75) is 6.92 Å². The van der Waals surface area contributed by atoms with Crippen LogP contribution in [0.25, 0.3) is 0 Å². The van der Waals surface area contributed by atoms with Gasteiger partial charge < -0.3 is 14.6 Å². The molecule has 14 heavy (non-hydrogen) atoms. The maximum atomic E-state index is 10.7. The fourth-order valence-corrected chi connectivity index (χ4v) is 1.58. The number of carbonyl (C=O) groups excluding carboxylic acids is 1. The second kappa shape index (κ2) is 4.50. The third-order valence-corrected chi connectivity index (χ3v) is 2.53. The van der Waals surface area contributed by atoms with Crippen molar-refractivity contribution in [3.05, 3.63) is 15.7 Å². The number of phenolic OH excluding ortho intramolecular Hbond substituents is 1. The first-order valence-corrected chi connectivity index (χ1v) is 4.87. The van der Waals surface area contributed by atoms with Gasteiger partial charge in [0, 0.05) is 19.1 Å². The van der Waals surface area contributed by atoms with E-state index in [9.17, 15) is 9.90 Å². The highest BCUT2D eigenvalue weighted by molar-refractivity contribution is 14.1. The molecule has 4 nitrogen and oxygen atoms in total. The average Bonchev–Trinajstić information content (AvgIpc) is 2.09. The van der Waals surface area contributed by atoms with Crippen molar-refractivity contribution < 1.29 is 19.4 Å². The molecule has 0 bridgehead atoms. The van der Waals surface area contributed by atoms with Crippen LogP contribution in [0, 0.1) is 3.57 Å². The molecule has 0 atom stereocenters. The monoisotopic (exact) mass is 308 g/mol. The van der Waals surface area contributed by atoms with E-state index in [1.54, 1.807) is 0 Å². The molecular weight excluding hydrogens is 299 g/mol. The van der Waals surface area contributed by atoms with E-state index in [4.69, 9.17) is 9.47 Å². The van der Waals surface area contributed by atoms with E-state index >= 15 is 0 Å². The number of hydrogen-bond donors (Lipinski definition) is 1. The number of aromatic hydroxyl groups is 1. The number of carbonyl (C=O) groups is 1. The Morgan fingerprint density at radius 1 is 1.43 bits per heavy atom. The van der Waals surface area contributed by atoms with Crippen LogP contribution in [0.2, 0.25) is 0 Å². The van der Waals surface area contributed by atoms with Crippen LogP contribution < -0.4 is 9.47 Å². The number of rotatable bonds is 2. The Bertz CT molecular complexity index is 362. The number of benzene rings is 1. The molecule has 0 heterocycles. The van der Waals surface area contributed by atoms with Gasteiger partial charge in [0.25, 0.3) is 0 Å². The number of hydrogen-bond acceptors (Lipinski definition) is 4. The first-order chi connectivity index (χ1) is 6.54. The first kappa shape index (κ1) is 11.1. The summed E-state index contributed by atoms with van der Waals surface area (Å²) in [7, 11) is 1.48. The fraction of sp³-hybridized carbons (Fsp3) is 0.222. The summed E-state index contributed by atoms with van der Waals surface area (Å²) in [6.45, 7) is 1.30. The van der Waals surface area contributed by atoms with Crippen molar-refractivity contribution >= 4 is 28.6 Å². The largest absolute Gasteiger partial charge is 0.508 e. The standard InChI is InChI=1S/C9H9IO4/c1-5(11)14-8-4-6(12)3-7(13-2)9(8)10/h3-4,12H,1-2H3. The molecule has 5 heteroatoms. The van der Waals surface area contributed by atoms with Crippen molar-refractivity contribution in [2.24, 2.45) is 0 Å². The van der Waals surface area contributed by atoms with Gasteiger partial charge in [-0.1, -0.05) is 0 Å². The molecule has 0 aliphatic carbocycles. The topological polar surface area (TPSA) is 55.8 Å². The molecule has 1 N–H and O–H groups in total. The Kier molecular flexibility index (Phi) is 3.56. The number of ether oxygens (including phenoxy) is 2. The van der Waals surface area contributed by atoms with Gasteiger partial charge in [-0.25, -0.2) is 0 Å². The molecular formula is C9H9IO4. The lowest BCUT2D eigenvalue weighted by molar-refractivity contribution is -0.131. The van der Waals surface area contributed by atoms with Gasteiger partial charge >= 0.3 is 5.97 Å². The normalized spacial score (nSPS) is 9.64. The van der Waals surface area contributed by atoms with Crippen molar-refractivity contribution in [1.29, 1.82) is 0 Å². The minimum absolute atomic E-state index is 0.00137. The fourth-order valence-electron chi connectivity index (χ4n) is 0.936. The number of phenols is 1. The van der Waals surface area contributed by atoms with Gasteiger partial charge in [0.15, 0.2) is 5.75 Å². The smallest absolute Gasteiger partial charge is 0.308 e. The molecule has 0 fully saturated rings. The molecule has 0 aliphatic heterocycles. The summed E-state index contributed by atoms with van der Waals surface area (Å²) >= 11 is 1.98. The van der Waals surface area contributed by atoms with E-state index in [0.717, 1.165) is 0 Å². The second-order valence-electron chi connectivity index (χ2n) is 2.55. The van der Waals surface area contributed by atoms with Crippen LogP contribution in [0.3, 0.4) is 0 Å².